The number of carbonyl (C=O) groups excluding carboxylic acids is 1. The van der Waals surface area contributed by atoms with E-state index < -0.39 is 0 Å². The molecule has 0 saturated carbocycles. The fourth-order valence-corrected chi connectivity index (χ4v) is 2.37. The fourth-order valence-electron chi connectivity index (χ4n) is 1.06. The van der Waals surface area contributed by atoms with Crippen LogP contribution in [0.2, 0.25) is 0 Å². The van der Waals surface area contributed by atoms with Crippen molar-refractivity contribution in [2.75, 3.05) is 11.6 Å². The van der Waals surface area contributed by atoms with Crippen molar-refractivity contribution in [2.45, 2.75) is 11.3 Å². The molecule has 4 heteroatoms. The summed E-state index contributed by atoms with van der Waals surface area (Å²) in [6.07, 6.45) is 2.52. The molecule has 0 heterocycles. The van der Waals surface area contributed by atoms with Gasteiger partial charge in [0.05, 0.1) is 5.33 Å². The van der Waals surface area contributed by atoms with Gasteiger partial charge in [-0.25, -0.2) is 0 Å². The first kappa shape index (κ1) is 12.3. The van der Waals surface area contributed by atoms with Gasteiger partial charge in [0, 0.05) is 15.8 Å². The number of carbonyl (C=O) groups is 1. The highest BCUT2D eigenvalue weighted by Gasteiger charge is 2.05. The molecule has 0 amide bonds. The molecule has 0 fully saturated rings. The van der Waals surface area contributed by atoms with Gasteiger partial charge in [0.25, 0.3) is 0 Å². The average molecular weight is 338 g/mol. The molecule has 1 rings (SSSR count). The van der Waals surface area contributed by atoms with Crippen molar-refractivity contribution in [2.24, 2.45) is 0 Å². The Morgan fingerprint density at radius 1 is 1.50 bits per heavy atom. The summed E-state index contributed by atoms with van der Waals surface area (Å²) in [5, 5.41) is 0.420. The van der Waals surface area contributed by atoms with E-state index in [2.05, 4.69) is 31.9 Å². The van der Waals surface area contributed by atoms with Crippen molar-refractivity contribution in [3.05, 3.63) is 28.2 Å². The lowest BCUT2D eigenvalue weighted by Crippen LogP contribution is -2.03. The SMILES string of the molecule is CSc1ccc(CC(=O)CBr)c(Br)c1. The summed E-state index contributed by atoms with van der Waals surface area (Å²) >= 11 is 8.31. The van der Waals surface area contributed by atoms with Gasteiger partial charge in [-0.3, -0.25) is 4.79 Å². The van der Waals surface area contributed by atoms with E-state index in [1.54, 1.807) is 11.8 Å². The zero-order chi connectivity index (χ0) is 10.6. The molecule has 0 aliphatic carbocycles. The van der Waals surface area contributed by atoms with Gasteiger partial charge < -0.3 is 0 Å². The van der Waals surface area contributed by atoms with Crippen LogP contribution in [-0.4, -0.2) is 17.4 Å². The van der Waals surface area contributed by atoms with Gasteiger partial charge in [-0.15, -0.1) is 11.8 Å². The van der Waals surface area contributed by atoms with Crippen LogP contribution in [0.25, 0.3) is 0 Å². The summed E-state index contributed by atoms with van der Waals surface area (Å²) in [7, 11) is 0. The van der Waals surface area contributed by atoms with E-state index in [4.69, 9.17) is 0 Å². The number of rotatable bonds is 4. The molecule has 0 saturated heterocycles. The molecule has 0 aliphatic heterocycles. The monoisotopic (exact) mass is 336 g/mol. The highest BCUT2D eigenvalue weighted by atomic mass is 79.9. The average Bonchev–Trinajstić information content (AvgIpc) is 2.20. The van der Waals surface area contributed by atoms with Crippen molar-refractivity contribution in [3.8, 4) is 0 Å². The molecule has 0 unspecified atom stereocenters. The Hall–Kier alpha value is 0.200. The smallest absolute Gasteiger partial charge is 0.147 e. The van der Waals surface area contributed by atoms with Crippen LogP contribution in [0, 0.1) is 0 Å². The fraction of sp³-hybridized carbons (Fsp3) is 0.300. The second-order valence-electron chi connectivity index (χ2n) is 2.81. The molecular weight excluding hydrogens is 328 g/mol. The lowest BCUT2D eigenvalue weighted by molar-refractivity contribution is -0.115. The van der Waals surface area contributed by atoms with Crippen molar-refractivity contribution in [1.29, 1.82) is 0 Å². The maximum absolute atomic E-state index is 11.2. The van der Waals surface area contributed by atoms with Crippen LogP contribution < -0.4 is 0 Å². The van der Waals surface area contributed by atoms with Crippen LogP contribution in [0.5, 0.6) is 0 Å². The molecule has 14 heavy (non-hydrogen) atoms. The largest absolute Gasteiger partial charge is 0.298 e. The normalized spacial score (nSPS) is 10.2. The Morgan fingerprint density at radius 2 is 2.21 bits per heavy atom. The van der Waals surface area contributed by atoms with Gasteiger partial charge >= 0.3 is 0 Å². The van der Waals surface area contributed by atoms with Crippen LogP contribution in [0.4, 0.5) is 0 Å². The lowest BCUT2D eigenvalue weighted by atomic mass is 10.1. The highest BCUT2D eigenvalue weighted by molar-refractivity contribution is 9.10. The summed E-state index contributed by atoms with van der Waals surface area (Å²) in [6, 6.07) is 6.07. The first-order valence-electron chi connectivity index (χ1n) is 4.07. The first-order chi connectivity index (χ1) is 6.67. The molecule has 0 atom stereocenters. The standard InChI is InChI=1S/C10H10Br2OS/c1-14-9-3-2-7(10(12)5-9)4-8(13)6-11/h2-3,5H,4,6H2,1H3. The number of alkyl halides is 1. The van der Waals surface area contributed by atoms with E-state index in [0.717, 1.165) is 10.0 Å². The Labute approximate surface area is 105 Å². The van der Waals surface area contributed by atoms with Gasteiger partial charge in [0.15, 0.2) is 0 Å². The number of hydrogen-bond acceptors (Lipinski definition) is 2. The maximum Gasteiger partial charge on any atom is 0.147 e. The minimum atomic E-state index is 0.197. The Morgan fingerprint density at radius 3 is 2.71 bits per heavy atom. The van der Waals surface area contributed by atoms with Crippen LogP contribution in [-0.2, 0) is 11.2 Å². The second-order valence-corrected chi connectivity index (χ2v) is 5.10. The Balaban J connectivity index is 2.83. The molecule has 0 aromatic heterocycles. The molecule has 0 radical (unpaired) electrons. The molecule has 1 aromatic rings. The number of hydrogen-bond donors (Lipinski definition) is 0. The summed E-state index contributed by atoms with van der Waals surface area (Å²) in [5.74, 6) is 0.197. The van der Waals surface area contributed by atoms with E-state index in [-0.39, 0.29) is 5.78 Å². The lowest BCUT2D eigenvalue weighted by Gasteiger charge is -2.04. The number of Topliss-reactive ketones (excluding diaryl/α,β-unsaturated/α-hetero) is 1. The zero-order valence-electron chi connectivity index (χ0n) is 7.72. The molecule has 0 spiro atoms. The first-order valence-corrected chi connectivity index (χ1v) is 7.21. The van der Waals surface area contributed by atoms with E-state index in [1.165, 1.54) is 4.90 Å². The van der Waals surface area contributed by atoms with E-state index in [9.17, 15) is 4.79 Å². The molecule has 0 aliphatic rings. The minimum Gasteiger partial charge on any atom is -0.298 e. The third kappa shape index (κ3) is 3.41. The summed E-state index contributed by atoms with van der Waals surface area (Å²) in [5.41, 5.74) is 1.05. The summed E-state index contributed by atoms with van der Waals surface area (Å²) < 4.78 is 1.01. The van der Waals surface area contributed by atoms with Crippen molar-refractivity contribution in [1.82, 2.24) is 0 Å². The number of benzene rings is 1. The van der Waals surface area contributed by atoms with E-state index in [1.807, 2.05) is 24.5 Å². The molecule has 0 bridgehead atoms. The van der Waals surface area contributed by atoms with Crippen LogP contribution in [0.15, 0.2) is 27.6 Å². The predicted molar refractivity (Wildman–Crippen MR) is 68.4 cm³/mol. The van der Waals surface area contributed by atoms with Crippen molar-refractivity contribution in [3.63, 3.8) is 0 Å². The number of thioether (sulfide) groups is 1. The summed E-state index contributed by atoms with van der Waals surface area (Å²) in [4.78, 5) is 12.4. The molecule has 76 valence electrons. The molecule has 0 N–H and O–H groups in total. The van der Waals surface area contributed by atoms with E-state index in [0.29, 0.717) is 11.8 Å². The third-order valence-electron chi connectivity index (χ3n) is 1.80. The third-order valence-corrected chi connectivity index (χ3v) is 3.89. The van der Waals surface area contributed by atoms with Gasteiger partial charge in [0.2, 0.25) is 0 Å². The molecular formula is C10H10Br2OS. The van der Waals surface area contributed by atoms with E-state index >= 15 is 0 Å². The van der Waals surface area contributed by atoms with Crippen LogP contribution in [0.1, 0.15) is 5.56 Å². The Kier molecular flexibility index (Phi) is 5.20. The number of ketones is 1. The van der Waals surface area contributed by atoms with Crippen LogP contribution >= 0.6 is 43.6 Å². The molecule has 1 aromatic carbocycles. The van der Waals surface area contributed by atoms with Gasteiger partial charge in [-0.1, -0.05) is 37.9 Å². The van der Waals surface area contributed by atoms with Crippen LogP contribution in [0.3, 0.4) is 0 Å². The second kappa shape index (κ2) is 5.93. The highest BCUT2D eigenvalue weighted by Crippen LogP contribution is 2.24. The minimum absolute atomic E-state index is 0.197. The molecule has 1 nitrogen and oxygen atoms in total. The Bertz CT molecular complexity index is 339. The van der Waals surface area contributed by atoms with Gasteiger partial charge in [-0.2, -0.15) is 0 Å². The topological polar surface area (TPSA) is 17.1 Å². The predicted octanol–water partition coefficient (Wildman–Crippen LogP) is 3.68. The van der Waals surface area contributed by atoms with Crippen molar-refractivity contribution >= 4 is 49.4 Å². The number of halogens is 2. The van der Waals surface area contributed by atoms with Gasteiger partial charge in [-0.05, 0) is 24.0 Å². The quantitative estimate of drug-likeness (QED) is 0.616. The maximum atomic E-state index is 11.2. The van der Waals surface area contributed by atoms with Crippen molar-refractivity contribution < 1.29 is 4.79 Å². The van der Waals surface area contributed by atoms with Gasteiger partial charge in [0.1, 0.15) is 5.78 Å². The summed E-state index contributed by atoms with van der Waals surface area (Å²) in [6.45, 7) is 0. The zero-order valence-corrected chi connectivity index (χ0v) is 11.7.